The molecule has 1 aromatic carbocycles. The van der Waals surface area contributed by atoms with Crippen LogP contribution in [0.3, 0.4) is 0 Å². The molecule has 0 spiro atoms. The van der Waals surface area contributed by atoms with Crippen molar-refractivity contribution >= 4 is 11.6 Å². The van der Waals surface area contributed by atoms with Crippen molar-refractivity contribution < 1.29 is 9.21 Å². The minimum atomic E-state index is -0.106. The van der Waals surface area contributed by atoms with E-state index in [0.29, 0.717) is 23.7 Å². The number of rotatable bonds is 4. The van der Waals surface area contributed by atoms with Crippen LogP contribution >= 0.6 is 0 Å². The quantitative estimate of drug-likeness (QED) is 0.866. The maximum absolute atomic E-state index is 12.6. The van der Waals surface area contributed by atoms with Gasteiger partial charge in [0.2, 0.25) is 5.76 Å². The molecule has 0 bridgehead atoms. The zero-order chi connectivity index (χ0) is 14.1. The predicted molar refractivity (Wildman–Crippen MR) is 75.0 cm³/mol. The van der Waals surface area contributed by atoms with Gasteiger partial charge in [0.1, 0.15) is 0 Å². The third-order valence-electron chi connectivity index (χ3n) is 3.58. The fourth-order valence-corrected chi connectivity index (χ4v) is 2.25. The van der Waals surface area contributed by atoms with E-state index in [0.717, 1.165) is 18.4 Å². The van der Waals surface area contributed by atoms with Gasteiger partial charge in [-0.1, -0.05) is 18.2 Å². The summed E-state index contributed by atoms with van der Waals surface area (Å²) in [7, 11) is 0. The van der Waals surface area contributed by atoms with Crippen molar-refractivity contribution in [3.8, 4) is 0 Å². The van der Waals surface area contributed by atoms with E-state index in [1.165, 1.54) is 6.39 Å². The zero-order valence-corrected chi connectivity index (χ0v) is 11.4. The average molecular weight is 271 g/mol. The van der Waals surface area contributed by atoms with Gasteiger partial charge < -0.3 is 15.1 Å². The van der Waals surface area contributed by atoms with Gasteiger partial charge in [-0.25, -0.2) is 4.98 Å². The predicted octanol–water partition coefficient (Wildman–Crippen LogP) is 2.37. The van der Waals surface area contributed by atoms with Gasteiger partial charge in [0.05, 0.1) is 5.69 Å². The van der Waals surface area contributed by atoms with Crippen LogP contribution in [-0.2, 0) is 6.54 Å². The van der Waals surface area contributed by atoms with Gasteiger partial charge in [-0.3, -0.25) is 4.79 Å². The summed E-state index contributed by atoms with van der Waals surface area (Å²) in [4.78, 5) is 18.4. The Labute approximate surface area is 117 Å². The third kappa shape index (κ3) is 2.39. The highest BCUT2D eigenvalue weighted by Gasteiger charge is 2.35. The first-order valence-electron chi connectivity index (χ1n) is 6.71. The number of para-hydroxylation sites is 1. The molecule has 20 heavy (non-hydrogen) atoms. The molecule has 2 N–H and O–H groups in total. The fraction of sp³-hybridized carbons (Fsp3) is 0.333. The molecule has 1 aromatic heterocycles. The van der Waals surface area contributed by atoms with Crippen molar-refractivity contribution in [2.75, 3.05) is 5.73 Å². The lowest BCUT2D eigenvalue weighted by Gasteiger charge is -2.22. The standard InChI is InChI=1S/C15H17N3O2/c1-10-14(20-9-17-10)15(19)18(12-6-7-12)8-11-4-2-3-5-13(11)16/h2-5,9,12H,6-8,16H2,1H3. The summed E-state index contributed by atoms with van der Waals surface area (Å²) in [5.74, 6) is 0.220. The normalized spacial score (nSPS) is 14.2. The Bertz CT molecular complexity index is 632. The summed E-state index contributed by atoms with van der Waals surface area (Å²) in [5, 5.41) is 0. The first kappa shape index (κ1) is 12.7. The topological polar surface area (TPSA) is 72.4 Å². The van der Waals surface area contributed by atoms with Crippen LogP contribution in [0.5, 0.6) is 0 Å². The number of nitrogens with zero attached hydrogens (tertiary/aromatic N) is 2. The lowest BCUT2D eigenvalue weighted by Crippen LogP contribution is -2.33. The molecule has 0 aliphatic heterocycles. The van der Waals surface area contributed by atoms with E-state index < -0.39 is 0 Å². The number of oxazole rings is 1. The molecule has 5 heteroatoms. The van der Waals surface area contributed by atoms with E-state index in [1.807, 2.05) is 29.2 Å². The van der Waals surface area contributed by atoms with Crippen LogP contribution in [-0.4, -0.2) is 21.8 Å². The van der Waals surface area contributed by atoms with Gasteiger partial charge in [0.15, 0.2) is 6.39 Å². The van der Waals surface area contributed by atoms with Gasteiger partial charge in [-0.15, -0.1) is 0 Å². The Hall–Kier alpha value is -2.30. The number of hydrogen-bond donors (Lipinski definition) is 1. The Morgan fingerprint density at radius 2 is 2.20 bits per heavy atom. The van der Waals surface area contributed by atoms with Gasteiger partial charge in [0.25, 0.3) is 5.91 Å². The van der Waals surface area contributed by atoms with Crippen LogP contribution < -0.4 is 5.73 Å². The van der Waals surface area contributed by atoms with Gasteiger partial charge in [-0.05, 0) is 31.4 Å². The van der Waals surface area contributed by atoms with Crippen molar-refractivity contribution in [2.24, 2.45) is 0 Å². The van der Waals surface area contributed by atoms with Crippen LogP contribution in [0.1, 0.15) is 34.7 Å². The van der Waals surface area contributed by atoms with Gasteiger partial charge >= 0.3 is 0 Å². The van der Waals surface area contributed by atoms with Crippen molar-refractivity contribution in [1.82, 2.24) is 9.88 Å². The molecule has 0 unspecified atom stereocenters. The smallest absolute Gasteiger partial charge is 0.292 e. The SMILES string of the molecule is Cc1ncoc1C(=O)N(Cc1ccccc1N)C1CC1. The van der Waals surface area contributed by atoms with Crippen molar-refractivity contribution in [3.63, 3.8) is 0 Å². The van der Waals surface area contributed by atoms with Crippen molar-refractivity contribution in [2.45, 2.75) is 32.4 Å². The molecular formula is C15H17N3O2. The summed E-state index contributed by atoms with van der Waals surface area (Å²) in [5.41, 5.74) is 8.26. The number of carbonyl (C=O) groups excluding carboxylic acids is 1. The fourth-order valence-electron chi connectivity index (χ4n) is 2.25. The monoisotopic (exact) mass is 271 g/mol. The molecule has 1 saturated carbocycles. The maximum Gasteiger partial charge on any atom is 0.292 e. The first-order valence-corrected chi connectivity index (χ1v) is 6.71. The highest BCUT2D eigenvalue weighted by atomic mass is 16.3. The van der Waals surface area contributed by atoms with Crippen molar-refractivity contribution in [1.29, 1.82) is 0 Å². The number of nitrogen functional groups attached to an aromatic ring is 1. The number of aryl methyl sites for hydroxylation is 1. The Morgan fingerprint density at radius 3 is 2.80 bits per heavy atom. The number of aromatic nitrogens is 1. The Morgan fingerprint density at radius 1 is 1.45 bits per heavy atom. The maximum atomic E-state index is 12.6. The zero-order valence-electron chi connectivity index (χ0n) is 11.4. The highest BCUT2D eigenvalue weighted by Crippen LogP contribution is 2.31. The second-order valence-corrected chi connectivity index (χ2v) is 5.13. The largest absolute Gasteiger partial charge is 0.438 e. The molecule has 0 saturated heterocycles. The summed E-state index contributed by atoms with van der Waals surface area (Å²) in [6.45, 7) is 2.29. The lowest BCUT2D eigenvalue weighted by molar-refractivity contribution is 0.0697. The summed E-state index contributed by atoms with van der Waals surface area (Å²) >= 11 is 0. The molecule has 0 atom stereocenters. The number of benzene rings is 1. The van der Waals surface area contributed by atoms with E-state index >= 15 is 0 Å². The number of carbonyl (C=O) groups is 1. The van der Waals surface area contributed by atoms with E-state index in [2.05, 4.69) is 4.98 Å². The van der Waals surface area contributed by atoms with Crippen LogP contribution in [0, 0.1) is 6.92 Å². The lowest BCUT2D eigenvalue weighted by atomic mass is 10.1. The first-order chi connectivity index (χ1) is 9.66. The van der Waals surface area contributed by atoms with E-state index in [9.17, 15) is 4.79 Å². The summed E-state index contributed by atoms with van der Waals surface area (Å²) in [6, 6.07) is 7.91. The molecule has 3 rings (SSSR count). The molecule has 104 valence electrons. The third-order valence-corrected chi connectivity index (χ3v) is 3.58. The van der Waals surface area contributed by atoms with E-state index in [4.69, 9.17) is 10.2 Å². The number of hydrogen-bond acceptors (Lipinski definition) is 4. The van der Waals surface area contributed by atoms with Gasteiger partial charge in [-0.2, -0.15) is 0 Å². The van der Waals surface area contributed by atoms with E-state index in [1.54, 1.807) is 6.92 Å². The minimum Gasteiger partial charge on any atom is -0.438 e. The van der Waals surface area contributed by atoms with Crippen LogP contribution in [0.15, 0.2) is 35.1 Å². The average Bonchev–Trinajstić information content (AvgIpc) is 3.19. The summed E-state index contributed by atoms with van der Waals surface area (Å²) in [6.07, 6.45) is 3.38. The number of anilines is 1. The molecule has 1 heterocycles. The van der Waals surface area contributed by atoms with Crippen LogP contribution in [0.2, 0.25) is 0 Å². The molecule has 1 aliphatic rings. The molecular weight excluding hydrogens is 254 g/mol. The van der Waals surface area contributed by atoms with Crippen LogP contribution in [0.25, 0.3) is 0 Å². The second kappa shape index (κ2) is 5.00. The molecule has 2 aromatic rings. The Balaban J connectivity index is 1.85. The number of nitrogens with two attached hydrogens (primary N) is 1. The van der Waals surface area contributed by atoms with Crippen LogP contribution in [0.4, 0.5) is 5.69 Å². The molecule has 1 fully saturated rings. The minimum absolute atomic E-state index is 0.106. The molecule has 1 amide bonds. The second-order valence-electron chi connectivity index (χ2n) is 5.13. The van der Waals surface area contributed by atoms with E-state index in [-0.39, 0.29) is 11.9 Å². The molecule has 0 radical (unpaired) electrons. The summed E-state index contributed by atoms with van der Waals surface area (Å²) < 4.78 is 5.22. The van der Waals surface area contributed by atoms with Crippen molar-refractivity contribution in [3.05, 3.63) is 47.7 Å². The molecule has 1 aliphatic carbocycles. The molecule has 5 nitrogen and oxygen atoms in total. The van der Waals surface area contributed by atoms with Gasteiger partial charge in [0, 0.05) is 18.3 Å². The highest BCUT2D eigenvalue weighted by molar-refractivity contribution is 5.92. The Kier molecular flexibility index (Phi) is 3.18. The number of amides is 1.